The van der Waals surface area contributed by atoms with Crippen molar-refractivity contribution in [1.82, 2.24) is 15.2 Å². The number of ether oxygens (including phenoxy) is 1. The number of hydrogen-bond acceptors (Lipinski definition) is 7. The van der Waals surface area contributed by atoms with E-state index in [1.165, 1.54) is 23.9 Å². The zero-order valence-electron chi connectivity index (χ0n) is 20.3. The summed E-state index contributed by atoms with van der Waals surface area (Å²) in [5.74, 6) is 0.544. The highest BCUT2D eigenvalue weighted by molar-refractivity contribution is 7.99. The molecule has 2 aromatic heterocycles. The summed E-state index contributed by atoms with van der Waals surface area (Å²) < 4.78 is 33.9. The van der Waals surface area contributed by atoms with Crippen LogP contribution in [0.1, 0.15) is 29.3 Å². The number of rotatable bonds is 11. The summed E-state index contributed by atoms with van der Waals surface area (Å²) in [7, 11) is -4.12. The number of anilines is 1. The fraction of sp³-hybridized carbons (Fsp3) is 0.192. The Bertz CT molecular complexity index is 1490. The lowest BCUT2D eigenvalue weighted by molar-refractivity contribution is 0.0526. The predicted octanol–water partition coefficient (Wildman–Crippen LogP) is 6.48. The highest BCUT2D eigenvalue weighted by Crippen LogP contribution is 2.37. The fourth-order valence-electron chi connectivity index (χ4n) is 3.64. The van der Waals surface area contributed by atoms with Crippen LogP contribution in [0.15, 0.2) is 76.8 Å². The zero-order valence-corrected chi connectivity index (χ0v) is 23.4. The average Bonchev–Trinajstić information content (AvgIpc) is 3.28. The molecular weight excluding hydrogens is 567 g/mol. The molecule has 0 aliphatic rings. The van der Waals surface area contributed by atoms with Gasteiger partial charge in [-0.15, -0.1) is 11.8 Å². The number of hydrogen-bond donors (Lipinski definition) is 2. The first-order valence-corrected chi connectivity index (χ1v) is 14.9. The van der Waals surface area contributed by atoms with Crippen molar-refractivity contribution in [3.8, 4) is 11.3 Å². The predicted molar refractivity (Wildman–Crippen MR) is 151 cm³/mol. The molecule has 0 radical (unpaired) electrons. The van der Waals surface area contributed by atoms with Crippen LogP contribution in [-0.2, 0) is 21.2 Å². The Labute approximate surface area is 235 Å². The lowest BCUT2D eigenvalue weighted by Gasteiger charge is -2.11. The van der Waals surface area contributed by atoms with Gasteiger partial charge in [0.2, 0.25) is 0 Å². The first-order chi connectivity index (χ1) is 18.3. The minimum atomic E-state index is -4.12. The van der Waals surface area contributed by atoms with Gasteiger partial charge in [0.25, 0.3) is 10.0 Å². The SMILES string of the molecule is CCOC(=O)c1ccc(CCCSc2n[nH]c(NS(=O)(=O)c3c(Cl)cccc3Cl)c2-c2ccccn2)cc1. The summed E-state index contributed by atoms with van der Waals surface area (Å²) >= 11 is 13.8. The number of esters is 1. The van der Waals surface area contributed by atoms with E-state index in [1.54, 1.807) is 43.5 Å². The summed E-state index contributed by atoms with van der Waals surface area (Å²) in [6.07, 6.45) is 3.25. The van der Waals surface area contributed by atoms with E-state index in [9.17, 15) is 13.2 Å². The lowest BCUT2D eigenvalue weighted by atomic mass is 10.1. The molecule has 0 aliphatic carbocycles. The topological polar surface area (TPSA) is 114 Å². The summed E-state index contributed by atoms with van der Waals surface area (Å²) in [5.41, 5.74) is 2.70. The summed E-state index contributed by atoms with van der Waals surface area (Å²) in [5, 5.41) is 7.77. The molecule has 2 N–H and O–H groups in total. The molecule has 0 spiro atoms. The standard InChI is InChI=1S/C26H24Cl2N4O4S2/c1-2-36-26(33)18-13-11-17(12-14-18)7-6-16-37-25-22(21-10-3-4-15-29-21)24(30-31-25)32-38(34,35)23-19(27)8-5-9-20(23)28/h3-5,8-15H,2,6-7,16H2,1H3,(H2,30,31,32). The number of H-pyrrole nitrogens is 1. The quantitative estimate of drug-likeness (QED) is 0.117. The minimum Gasteiger partial charge on any atom is -0.462 e. The number of aromatic amines is 1. The molecule has 4 rings (SSSR count). The van der Waals surface area contributed by atoms with Crippen LogP contribution in [0.4, 0.5) is 5.82 Å². The molecule has 0 fully saturated rings. The third-order valence-electron chi connectivity index (χ3n) is 5.39. The third-order valence-corrected chi connectivity index (χ3v) is 8.76. The van der Waals surface area contributed by atoms with Gasteiger partial charge in [0.15, 0.2) is 0 Å². The number of carbonyl (C=O) groups is 1. The van der Waals surface area contributed by atoms with Gasteiger partial charge in [-0.1, -0.05) is 47.5 Å². The van der Waals surface area contributed by atoms with Crippen LogP contribution in [-0.4, -0.2) is 41.9 Å². The van der Waals surface area contributed by atoms with E-state index in [2.05, 4.69) is 19.9 Å². The van der Waals surface area contributed by atoms with E-state index in [0.717, 1.165) is 18.4 Å². The van der Waals surface area contributed by atoms with Crippen LogP contribution in [0.2, 0.25) is 10.0 Å². The molecule has 0 unspecified atom stereocenters. The van der Waals surface area contributed by atoms with E-state index < -0.39 is 10.0 Å². The summed E-state index contributed by atoms with van der Waals surface area (Å²) in [4.78, 5) is 16.0. The van der Waals surface area contributed by atoms with E-state index in [-0.39, 0.29) is 26.7 Å². The highest BCUT2D eigenvalue weighted by atomic mass is 35.5. The fourth-order valence-corrected chi connectivity index (χ4v) is 6.76. The minimum absolute atomic E-state index is 0.00814. The van der Waals surface area contributed by atoms with Crippen LogP contribution >= 0.6 is 35.0 Å². The van der Waals surface area contributed by atoms with Gasteiger partial charge in [0.05, 0.1) is 33.5 Å². The number of sulfonamides is 1. The number of pyridine rings is 1. The molecule has 0 saturated heterocycles. The molecule has 8 nitrogen and oxygen atoms in total. The Morgan fingerprint density at radius 1 is 1.05 bits per heavy atom. The highest BCUT2D eigenvalue weighted by Gasteiger charge is 2.26. The van der Waals surface area contributed by atoms with Gasteiger partial charge in [-0.3, -0.25) is 14.8 Å². The number of nitrogens with one attached hydrogen (secondary N) is 2. The number of nitrogens with zero attached hydrogens (tertiary/aromatic N) is 2. The van der Waals surface area contributed by atoms with Crippen molar-refractivity contribution in [2.45, 2.75) is 29.7 Å². The first-order valence-electron chi connectivity index (χ1n) is 11.7. The van der Waals surface area contributed by atoms with Gasteiger partial charge < -0.3 is 4.74 Å². The second-order valence-electron chi connectivity index (χ2n) is 8.02. The molecule has 0 amide bonds. The zero-order chi connectivity index (χ0) is 27.1. The van der Waals surface area contributed by atoms with Crippen LogP contribution in [0, 0.1) is 0 Å². The summed E-state index contributed by atoms with van der Waals surface area (Å²) in [6, 6.07) is 17.2. The maximum atomic E-state index is 13.2. The molecule has 0 aliphatic heterocycles. The van der Waals surface area contributed by atoms with Crippen LogP contribution in [0.3, 0.4) is 0 Å². The molecule has 2 heterocycles. The van der Waals surface area contributed by atoms with Gasteiger partial charge in [0.1, 0.15) is 15.7 Å². The Hall–Kier alpha value is -3.05. The molecule has 0 atom stereocenters. The van der Waals surface area contributed by atoms with Crippen LogP contribution in [0.5, 0.6) is 0 Å². The number of thioether (sulfide) groups is 1. The summed E-state index contributed by atoms with van der Waals surface area (Å²) in [6.45, 7) is 2.11. The second kappa shape index (κ2) is 12.7. The molecule has 198 valence electrons. The van der Waals surface area contributed by atoms with Gasteiger partial charge >= 0.3 is 5.97 Å². The Morgan fingerprint density at radius 2 is 1.79 bits per heavy atom. The largest absolute Gasteiger partial charge is 0.462 e. The molecule has 38 heavy (non-hydrogen) atoms. The van der Waals surface area contributed by atoms with Crippen molar-refractivity contribution in [3.63, 3.8) is 0 Å². The number of halogens is 2. The maximum Gasteiger partial charge on any atom is 0.338 e. The third kappa shape index (κ3) is 6.68. The number of aromatic nitrogens is 3. The van der Waals surface area contributed by atoms with Crippen molar-refractivity contribution >= 4 is 56.8 Å². The van der Waals surface area contributed by atoms with E-state index in [4.69, 9.17) is 27.9 Å². The van der Waals surface area contributed by atoms with Gasteiger partial charge in [0, 0.05) is 6.20 Å². The van der Waals surface area contributed by atoms with Gasteiger partial charge in [-0.05, 0) is 67.5 Å². The Kier molecular flexibility index (Phi) is 9.32. The average molecular weight is 592 g/mol. The molecule has 0 bridgehead atoms. The maximum absolute atomic E-state index is 13.2. The van der Waals surface area contributed by atoms with Crippen LogP contribution < -0.4 is 4.72 Å². The molecule has 2 aromatic carbocycles. The van der Waals surface area contributed by atoms with Crippen molar-refractivity contribution in [2.24, 2.45) is 0 Å². The van der Waals surface area contributed by atoms with Gasteiger partial charge in [-0.25, -0.2) is 13.2 Å². The smallest absolute Gasteiger partial charge is 0.338 e. The normalized spacial score (nSPS) is 11.3. The molecule has 0 saturated carbocycles. The van der Waals surface area contributed by atoms with Crippen molar-refractivity contribution < 1.29 is 17.9 Å². The van der Waals surface area contributed by atoms with E-state index in [1.807, 2.05) is 18.2 Å². The Morgan fingerprint density at radius 3 is 2.45 bits per heavy atom. The molecule has 12 heteroatoms. The van der Waals surface area contributed by atoms with Crippen molar-refractivity contribution in [3.05, 3.63) is 88.0 Å². The van der Waals surface area contributed by atoms with E-state index in [0.29, 0.717) is 34.2 Å². The van der Waals surface area contributed by atoms with Gasteiger partial charge in [-0.2, -0.15) is 5.10 Å². The monoisotopic (exact) mass is 590 g/mol. The van der Waals surface area contributed by atoms with E-state index >= 15 is 0 Å². The lowest BCUT2D eigenvalue weighted by Crippen LogP contribution is -2.15. The number of benzene rings is 2. The molecule has 4 aromatic rings. The number of aryl methyl sites for hydroxylation is 1. The second-order valence-corrected chi connectivity index (χ2v) is 11.5. The Balaban J connectivity index is 1.49. The van der Waals surface area contributed by atoms with Crippen molar-refractivity contribution in [1.29, 1.82) is 0 Å². The number of carbonyl (C=O) groups excluding carboxylic acids is 1. The van der Waals surface area contributed by atoms with Crippen molar-refractivity contribution in [2.75, 3.05) is 17.1 Å². The van der Waals surface area contributed by atoms with Crippen LogP contribution in [0.25, 0.3) is 11.3 Å². The molecular formula is C26H24Cl2N4O4S2. The first kappa shape index (κ1) is 28.0.